The third kappa shape index (κ3) is 2.37. The first-order valence-electron chi connectivity index (χ1n) is 6.53. The smallest absolute Gasteiger partial charge is 0.226 e. The molecule has 0 bridgehead atoms. The Morgan fingerprint density at radius 3 is 3.16 bits per heavy atom. The maximum absolute atomic E-state index is 9.21. The van der Waals surface area contributed by atoms with E-state index in [1.807, 2.05) is 0 Å². The Morgan fingerprint density at radius 2 is 2.32 bits per heavy atom. The molecule has 1 saturated heterocycles. The topological polar surface area (TPSA) is 77.9 Å². The first-order valence-corrected chi connectivity index (χ1v) is 6.91. The normalized spacial score (nSPS) is 20.1. The SMILES string of the molecule is OCCC1CCCCN1c1nc(Cl)nc2[nH]ncc12. The fourth-order valence-electron chi connectivity index (χ4n) is 2.74. The number of hydrogen-bond acceptors (Lipinski definition) is 5. The molecule has 7 heteroatoms. The summed E-state index contributed by atoms with van der Waals surface area (Å²) in [6, 6.07) is 0.308. The Hall–Kier alpha value is -1.40. The number of halogens is 1. The predicted octanol–water partition coefficient (Wildman–Crippen LogP) is 1.75. The van der Waals surface area contributed by atoms with Crippen molar-refractivity contribution in [2.24, 2.45) is 0 Å². The number of aromatic amines is 1. The molecule has 0 saturated carbocycles. The molecule has 6 nitrogen and oxygen atoms in total. The third-order valence-corrected chi connectivity index (χ3v) is 3.79. The zero-order chi connectivity index (χ0) is 13.2. The van der Waals surface area contributed by atoms with Crippen molar-refractivity contribution in [3.05, 3.63) is 11.5 Å². The second-order valence-electron chi connectivity index (χ2n) is 4.80. The van der Waals surface area contributed by atoms with Gasteiger partial charge < -0.3 is 10.0 Å². The van der Waals surface area contributed by atoms with Crippen LogP contribution in [0.1, 0.15) is 25.7 Å². The highest BCUT2D eigenvalue weighted by Gasteiger charge is 2.25. The van der Waals surface area contributed by atoms with Crippen LogP contribution in [0.2, 0.25) is 5.28 Å². The molecule has 2 aromatic heterocycles. The van der Waals surface area contributed by atoms with Gasteiger partial charge in [-0.05, 0) is 37.3 Å². The van der Waals surface area contributed by atoms with E-state index in [1.54, 1.807) is 6.20 Å². The van der Waals surface area contributed by atoms with Gasteiger partial charge in [-0.25, -0.2) is 0 Å². The first kappa shape index (κ1) is 12.6. The van der Waals surface area contributed by atoms with Crippen LogP contribution in [0.4, 0.5) is 5.82 Å². The highest BCUT2D eigenvalue weighted by molar-refractivity contribution is 6.28. The van der Waals surface area contributed by atoms with Crippen LogP contribution in [0, 0.1) is 0 Å². The van der Waals surface area contributed by atoms with Crippen molar-refractivity contribution in [3.8, 4) is 0 Å². The largest absolute Gasteiger partial charge is 0.396 e. The number of aliphatic hydroxyl groups excluding tert-OH is 1. The average Bonchev–Trinajstić information content (AvgIpc) is 2.87. The lowest BCUT2D eigenvalue weighted by Crippen LogP contribution is -2.40. The zero-order valence-corrected chi connectivity index (χ0v) is 11.3. The molecule has 3 heterocycles. The van der Waals surface area contributed by atoms with Gasteiger partial charge in [0.2, 0.25) is 5.28 Å². The Kier molecular flexibility index (Phi) is 3.52. The molecule has 0 aliphatic carbocycles. The summed E-state index contributed by atoms with van der Waals surface area (Å²) >= 11 is 5.98. The molecule has 2 aromatic rings. The number of aliphatic hydroxyl groups is 1. The summed E-state index contributed by atoms with van der Waals surface area (Å²) in [5.41, 5.74) is 0.656. The molecule has 2 N–H and O–H groups in total. The van der Waals surface area contributed by atoms with E-state index < -0.39 is 0 Å². The second-order valence-corrected chi connectivity index (χ2v) is 5.14. The summed E-state index contributed by atoms with van der Waals surface area (Å²) < 4.78 is 0. The van der Waals surface area contributed by atoms with E-state index in [0.717, 1.165) is 37.0 Å². The predicted molar refractivity (Wildman–Crippen MR) is 73.4 cm³/mol. The number of piperidine rings is 1. The molecule has 0 radical (unpaired) electrons. The van der Waals surface area contributed by atoms with Crippen LogP contribution >= 0.6 is 11.6 Å². The van der Waals surface area contributed by atoms with Crippen molar-refractivity contribution >= 4 is 28.5 Å². The van der Waals surface area contributed by atoms with Crippen molar-refractivity contribution < 1.29 is 5.11 Å². The van der Waals surface area contributed by atoms with Crippen LogP contribution in [-0.4, -0.2) is 44.5 Å². The summed E-state index contributed by atoms with van der Waals surface area (Å²) in [4.78, 5) is 10.7. The highest BCUT2D eigenvalue weighted by atomic mass is 35.5. The van der Waals surface area contributed by atoms with Gasteiger partial charge in [-0.2, -0.15) is 15.1 Å². The minimum atomic E-state index is 0.189. The first-order chi connectivity index (χ1) is 9.29. The van der Waals surface area contributed by atoms with Crippen LogP contribution in [0.5, 0.6) is 0 Å². The monoisotopic (exact) mass is 281 g/mol. The lowest BCUT2D eigenvalue weighted by Gasteiger charge is -2.36. The molecule has 1 unspecified atom stereocenters. The van der Waals surface area contributed by atoms with Gasteiger partial charge in [-0.15, -0.1) is 0 Å². The molecular weight excluding hydrogens is 266 g/mol. The minimum Gasteiger partial charge on any atom is -0.396 e. The van der Waals surface area contributed by atoms with E-state index in [1.165, 1.54) is 6.42 Å². The number of H-pyrrole nitrogens is 1. The number of aromatic nitrogens is 4. The van der Waals surface area contributed by atoms with Gasteiger partial charge >= 0.3 is 0 Å². The minimum absolute atomic E-state index is 0.189. The van der Waals surface area contributed by atoms with Crippen LogP contribution in [0.25, 0.3) is 11.0 Å². The molecule has 1 atom stereocenters. The Labute approximate surface area is 115 Å². The van der Waals surface area contributed by atoms with Gasteiger partial charge in [0.25, 0.3) is 0 Å². The standard InChI is InChI=1S/C12H16ClN5O/c13-12-15-10-9(7-14-17-10)11(16-12)18-5-2-1-3-8(18)4-6-19/h7-8,19H,1-6H2,(H,14,15,16,17). The molecule has 0 aromatic carbocycles. The fourth-order valence-corrected chi connectivity index (χ4v) is 2.91. The van der Waals surface area contributed by atoms with Crippen LogP contribution in [0.15, 0.2) is 6.20 Å². The number of nitrogens with zero attached hydrogens (tertiary/aromatic N) is 4. The number of hydrogen-bond donors (Lipinski definition) is 2. The molecule has 1 aliphatic heterocycles. The van der Waals surface area contributed by atoms with Crippen molar-refractivity contribution in [2.45, 2.75) is 31.7 Å². The van der Waals surface area contributed by atoms with Gasteiger partial charge in [-0.1, -0.05) is 0 Å². The lowest BCUT2D eigenvalue weighted by atomic mass is 9.99. The summed E-state index contributed by atoms with van der Waals surface area (Å²) in [5, 5.41) is 17.1. The summed E-state index contributed by atoms with van der Waals surface area (Å²) in [6.07, 6.45) is 5.87. The van der Waals surface area contributed by atoms with Gasteiger partial charge in [0.1, 0.15) is 5.82 Å². The Bertz CT molecular complexity index is 570. The number of rotatable bonds is 3. The summed E-state index contributed by atoms with van der Waals surface area (Å²) in [5.74, 6) is 0.821. The van der Waals surface area contributed by atoms with Crippen LogP contribution in [0.3, 0.4) is 0 Å². The maximum Gasteiger partial charge on any atom is 0.226 e. The summed E-state index contributed by atoms with van der Waals surface area (Å²) in [7, 11) is 0. The zero-order valence-electron chi connectivity index (χ0n) is 10.5. The molecule has 3 rings (SSSR count). The average molecular weight is 282 g/mol. The Balaban J connectivity index is 2.03. The van der Waals surface area contributed by atoms with E-state index in [0.29, 0.717) is 11.7 Å². The van der Waals surface area contributed by atoms with Crippen molar-refractivity contribution in [1.82, 2.24) is 20.2 Å². The Morgan fingerprint density at radius 1 is 1.42 bits per heavy atom. The molecule has 0 amide bonds. The van der Waals surface area contributed by atoms with Crippen LogP contribution < -0.4 is 4.90 Å². The van der Waals surface area contributed by atoms with E-state index in [-0.39, 0.29) is 11.9 Å². The van der Waals surface area contributed by atoms with Gasteiger partial charge in [0, 0.05) is 19.2 Å². The number of anilines is 1. The molecular formula is C12H16ClN5O. The number of nitrogens with one attached hydrogen (secondary N) is 1. The van der Waals surface area contributed by atoms with Crippen molar-refractivity contribution in [1.29, 1.82) is 0 Å². The van der Waals surface area contributed by atoms with E-state index in [9.17, 15) is 5.11 Å². The van der Waals surface area contributed by atoms with Gasteiger partial charge in [0.05, 0.1) is 11.6 Å². The van der Waals surface area contributed by atoms with Crippen molar-refractivity contribution in [3.63, 3.8) is 0 Å². The molecule has 1 aliphatic rings. The molecule has 1 fully saturated rings. The van der Waals surface area contributed by atoms with E-state index in [4.69, 9.17) is 11.6 Å². The van der Waals surface area contributed by atoms with E-state index >= 15 is 0 Å². The maximum atomic E-state index is 9.21. The second kappa shape index (κ2) is 5.30. The van der Waals surface area contributed by atoms with Crippen molar-refractivity contribution in [2.75, 3.05) is 18.1 Å². The number of fused-ring (bicyclic) bond motifs is 1. The molecule has 19 heavy (non-hydrogen) atoms. The molecule has 102 valence electrons. The fraction of sp³-hybridized carbons (Fsp3) is 0.583. The highest BCUT2D eigenvalue weighted by Crippen LogP contribution is 2.30. The van der Waals surface area contributed by atoms with Crippen LogP contribution in [-0.2, 0) is 0 Å². The van der Waals surface area contributed by atoms with Gasteiger partial charge in [0.15, 0.2) is 5.65 Å². The molecule has 0 spiro atoms. The van der Waals surface area contributed by atoms with E-state index in [2.05, 4.69) is 25.1 Å². The quantitative estimate of drug-likeness (QED) is 0.838. The third-order valence-electron chi connectivity index (χ3n) is 3.62. The van der Waals surface area contributed by atoms with Gasteiger partial charge in [-0.3, -0.25) is 5.10 Å². The summed E-state index contributed by atoms with van der Waals surface area (Å²) in [6.45, 7) is 1.12. The lowest BCUT2D eigenvalue weighted by molar-refractivity contribution is 0.262.